The normalized spacial score (nSPS) is 11.7. The summed E-state index contributed by atoms with van der Waals surface area (Å²) in [6, 6.07) is 7.08. The molecule has 1 aromatic carbocycles. The lowest BCUT2D eigenvalue weighted by Gasteiger charge is -2.17. The monoisotopic (exact) mass is 400 g/mol. The molecule has 0 saturated heterocycles. The van der Waals surface area contributed by atoms with Crippen molar-refractivity contribution >= 4 is 5.91 Å². The number of quaternary nitrogens is 1. The van der Waals surface area contributed by atoms with Crippen molar-refractivity contribution < 1.29 is 9.69 Å². The third-order valence-electron chi connectivity index (χ3n) is 4.39. The number of amides is 1. The zero-order valence-corrected chi connectivity index (χ0v) is 16.7. The molecular weight excluding hydrogens is 374 g/mol. The number of hydrogen-bond donors (Lipinski definition) is 2. The predicted molar refractivity (Wildman–Crippen MR) is 110 cm³/mol. The summed E-state index contributed by atoms with van der Waals surface area (Å²) in [5.41, 5.74) is -0.537. The van der Waals surface area contributed by atoms with Crippen LogP contribution in [0, 0.1) is 0 Å². The van der Waals surface area contributed by atoms with E-state index >= 15 is 0 Å². The van der Waals surface area contributed by atoms with E-state index in [9.17, 15) is 19.2 Å². The Balaban J connectivity index is 2.32. The number of aromatic nitrogens is 3. The van der Waals surface area contributed by atoms with E-state index in [4.69, 9.17) is 0 Å². The van der Waals surface area contributed by atoms with Crippen molar-refractivity contribution in [2.75, 3.05) is 14.1 Å². The van der Waals surface area contributed by atoms with Gasteiger partial charge in [-0.1, -0.05) is 24.3 Å². The molecule has 0 aliphatic carbocycles. The van der Waals surface area contributed by atoms with Crippen molar-refractivity contribution in [3.63, 3.8) is 0 Å². The summed E-state index contributed by atoms with van der Waals surface area (Å²) >= 11 is 0. The van der Waals surface area contributed by atoms with Crippen LogP contribution in [0.2, 0.25) is 0 Å². The molecule has 2 aromatic rings. The van der Waals surface area contributed by atoms with Crippen molar-refractivity contribution in [3.8, 4) is 0 Å². The second-order valence-electron chi connectivity index (χ2n) is 6.64. The van der Waals surface area contributed by atoms with E-state index < -0.39 is 17.1 Å². The quantitative estimate of drug-likeness (QED) is 0.505. The number of carbonyl (C=O) groups excluding carboxylic acids is 1. The molecule has 1 amide bonds. The first-order valence-electron chi connectivity index (χ1n) is 9.12. The van der Waals surface area contributed by atoms with Crippen molar-refractivity contribution in [1.29, 1.82) is 0 Å². The lowest BCUT2D eigenvalue weighted by molar-refractivity contribution is -0.917. The summed E-state index contributed by atoms with van der Waals surface area (Å²) in [5.74, 6) is -0.170. The Morgan fingerprint density at radius 1 is 0.966 bits per heavy atom. The predicted octanol–water partition coefficient (Wildman–Crippen LogP) is -1.42. The molecule has 0 spiro atoms. The summed E-state index contributed by atoms with van der Waals surface area (Å²) in [5, 5.41) is 2.56. The van der Waals surface area contributed by atoms with E-state index in [0.29, 0.717) is 12.1 Å². The first-order valence-corrected chi connectivity index (χ1v) is 9.12. The van der Waals surface area contributed by atoms with Crippen molar-refractivity contribution in [1.82, 2.24) is 19.0 Å². The standard InChI is InChI=1S/C20H25N5O4/c1-5-11-23-18(27)24(12-6-2)20(29)25(19(23)28)14-22(4)13-15-7-9-16(10-8-15)17(26)21-3/h5-10H,1-2,11-14H2,3-4H3,(H,21,26)/p+1. The minimum Gasteiger partial charge on any atom is -0.355 e. The van der Waals surface area contributed by atoms with Crippen LogP contribution in [0.25, 0.3) is 0 Å². The second-order valence-corrected chi connectivity index (χ2v) is 6.64. The summed E-state index contributed by atoms with van der Waals surface area (Å²) in [7, 11) is 3.40. The van der Waals surface area contributed by atoms with Gasteiger partial charge in [-0.2, -0.15) is 4.57 Å². The molecule has 2 N–H and O–H groups in total. The summed E-state index contributed by atoms with van der Waals surface area (Å²) in [6.07, 6.45) is 2.86. The van der Waals surface area contributed by atoms with Crippen LogP contribution >= 0.6 is 0 Å². The summed E-state index contributed by atoms with van der Waals surface area (Å²) in [4.78, 5) is 50.2. The molecule has 29 heavy (non-hydrogen) atoms. The maximum Gasteiger partial charge on any atom is 0.341 e. The summed E-state index contributed by atoms with van der Waals surface area (Å²) < 4.78 is 3.00. The number of rotatable bonds is 9. The van der Waals surface area contributed by atoms with Crippen LogP contribution in [-0.2, 0) is 26.3 Å². The van der Waals surface area contributed by atoms with Crippen molar-refractivity contribution in [2.24, 2.45) is 0 Å². The number of hydrogen-bond acceptors (Lipinski definition) is 4. The van der Waals surface area contributed by atoms with E-state index in [1.807, 2.05) is 19.2 Å². The molecule has 0 fully saturated rings. The van der Waals surface area contributed by atoms with Gasteiger partial charge in [0.25, 0.3) is 5.91 Å². The van der Waals surface area contributed by atoms with Crippen LogP contribution in [-0.4, -0.2) is 33.7 Å². The largest absolute Gasteiger partial charge is 0.355 e. The van der Waals surface area contributed by atoms with Gasteiger partial charge < -0.3 is 10.2 Å². The van der Waals surface area contributed by atoms with Crippen LogP contribution in [0.5, 0.6) is 0 Å². The molecule has 2 rings (SSSR count). The zero-order valence-electron chi connectivity index (χ0n) is 16.7. The number of nitrogens with one attached hydrogen (secondary N) is 2. The zero-order chi connectivity index (χ0) is 21.6. The van der Waals surface area contributed by atoms with Gasteiger partial charge in [0.15, 0.2) is 6.67 Å². The van der Waals surface area contributed by atoms with Crippen LogP contribution in [0.15, 0.2) is 64.0 Å². The third kappa shape index (κ3) is 4.88. The molecular formula is C20H26N5O4+. The Morgan fingerprint density at radius 2 is 1.45 bits per heavy atom. The van der Waals surface area contributed by atoms with E-state index in [2.05, 4.69) is 18.5 Å². The Bertz CT molecular complexity index is 1030. The van der Waals surface area contributed by atoms with E-state index in [0.717, 1.165) is 24.2 Å². The molecule has 1 atom stereocenters. The maximum atomic E-state index is 12.7. The van der Waals surface area contributed by atoms with Crippen molar-refractivity contribution in [3.05, 3.63) is 92.2 Å². The highest BCUT2D eigenvalue weighted by molar-refractivity contribution is 5.93. The number of carbonyl (C=O) groups is 1. The second kappa shape index (κ2) is 9.65. The topological polar surface area (TPSA) is 99.5 Å². The molecule has 1 unspecified atom stereocenters. The van der Waals surface area contributed by atoms with Crippen molar-refractivity contribution in [2.45, 2.75) is 26.3 Å². The van der Waals surface area contributed by atoms with Crippen LogP contribution < -0.4 is 27.3 Å². The average molecular weight is 400 g/mol. The molecule has 0 radical (unpaired) electrons. The Labute approximate surface area is 167 Å². The minimum atomic E-state index is -0.682. The fourth-order valence-corrected chi connectivity index (χ4v) is 2.98. The van der Waals surface area contributed by atoms with Gasteiger partial charge in [0.05, 0.1) is 20.1 Å². The third-order valence-corrected chi connectivity index (χ3v) is 4.39. The highest BCUT2D eigenvalue weighted by Crippen LogP contribution is 2.03. The van der Waals surface area contributed by atoms with Crippen LogP contribution in [0.4, 0.5) is 0 Å². The molecule has 0 aliphatic rings. The Morgan fingerprint density at radius 3 is 1.90 bits per heavy atom. The SMILES string of the molecule is C=CCn1c(=O)n(CC=C)c(=O)n(C[NH+](C)Cc2ccc(C(=O)NC)cc2)c1=O. The van der Waals surface area contributed by atoms with Gasteiger partial charge in [-0.15, -0.1) is 13.2 Å². The average Bonchev–Trinajstić information content (AvgIpc) is 2.71. The van der Waals surface area contributed by atoms with Gasteiger partial charge in [-0.25, -0.2) is 23.5 Å². The van der Waals surface area contributed by atoms with Gasteiger partial charge in [0.1, 0.15) is 6.54 Å². The first-order chi connectivity index (χ1) is 13.8. The molecule has 0 bridgehead atoms. The van der Waals surface area contributed by atoms with Crippen LogP contribution in [0.1, 0.15) is 15.9 Å². The smallest absolute Gasteiger partial charge is 0.341 e. The molecule has 9 nitrogen and oxygen atoms in total. The molecule has 1 aromatic heterocycles. The van der Waals surface area contributed by atoms with Gasteiger partial charge >= 0.3 is 17.1 Å². The highest BCUT2D eigenvalue weighted by atomic mass is 16.2. The Kier molecular flexibility index (Phi) is 7.27. The van der Waals surface area contributed by atoms with Gasteiger partial charge in [0.2, 0.25) is 0 Å². The molecule has 1 heterocycles. The lowest BCUT2D eigenvalue weighted by Crippen LogP contribution is -3.07. The number of benzene rings is 1. The molecule has 154 valence electrons. The molecule has 0 aliphatic heterocycles. The molecule has 9 heteroatoms. The van der Waals surface area contributed by atoms with Gasteiger partial charge in [-0.3, -0.25) is 4.79 Å². The lowest BCUT2D eigenvalue weighted by atomic mass is 10.1. The maximum absolute atomic E-state index is 12.7. The fraction of sp³-hybridized carbons (Fsp3) is 0.300. The highest BCUT2D eigenvalue weighted by Gasteiger charge is 2.17. The van der Waals surface area contributed by atoms with E-state index in [-0.39, 0.29) is 25.7 Å². The number of nitrogens with zero attached hydrogens (tertiary/aromatic N) is 3. The van der Waals surface area contributed by atoms with Gasteiger partial charge in [0, 0.05) is 18.2 Å². The Hall–Kier alpha value is -3.46. The first kappa shape index (κ1) is 21.8. The molecule has 0 saturated carbocycles. The fourth-order valence-electron chi connectivity index (χ4n) is 2.98. The van der Waals surface area contributed by atoms with E-state index in [1.165, 1.54) is 12.2 Å². The minimum absolute atomic E-state index is 0.00902. The van der Waals surface area contributed by atoms with E-state index in [1.54, 1.807) is 19.2 Å². The summed E-state index contributed by atoms with van der Waals surface area (Å²) in [6.45, 7) is 7.73. The number of allylic oxidation sites excluding steroid dienone is 2. The van der Waals surface area contributed by atoms with Gasteiger partial charge in [-0.05, 0) is 12.1 Å². The van der Waals surface area contributed by atoms with Crippen LogP contribution in [0.3, 0.4) is 0 Å².